The second kappa shape index (κ2) is 4.74. The van der Waals surface area contributed by atoms with E-state index in [0.29, 0.717) is 6.54 Å². The van der Waals surface area contributed by atoms with Crippen LogP contribution < -0.4 is 5.32 Å². The molecule has 0 aromatic carbocycles. The summed E-state index contributed by atoms with van der Waals surface area (Å²) in [5.74, 6) is 0.00690. The van der Waals surface area contributed by atoms with Gasteiger partial charge in [-0.25, -0.2) is 0 Å². The van der Waals surface area contributed by atoms with Crippen LogP contribution in [-0.2, 0) is 6.42 Å². The molecule has 3 heteroatoms. The minimum absolute atomic E-state index is 0.00690. The number of amides is 1. The summed E-state index contributed by atoms with van der Waals surface area (Å²) in [4.78, 5) is 15.5. The standard InChI is InChI=1S/C9H10N2O.C2H6/c1-6-4-7-8(11-5-6)2-3-10-9(7)12;1-2/h4-5H,2-3H2,1H3,(H,10,12);1-2H3. The first kappa shape index (κ1) is 10.7. The van der Waals surface area contributed by atoms with E-state index in [1.54, 1.807) is 6.20 Å². The molecule has 0 aliphatic carbocycles. The highest BCUT2D eigenvalue weighted by Crippen LogP contribution is 2.11. The largest absolute Gasteiger partial charge is 0.352 e. The molecule has 1 amide bonds. The average molecular weight is 192 g/mol. The van der Waals surface area contributed by atoms with Gasteiger partial charge in [0.25, 0.3) is 5.91 Å². The number of carbonyl (C=O) groups is 1. The Morgan fingerprint density at radius 3 is 2.86 bits per heavy atom. The number of fused-ring (bicyclic) bond motifs is 1. The van der Waals surface area contributed by atoms with Crippen molar-refractivity contribution in [2.45, 2.75) is 27.2 Å². The van der Waals surface area contributed by atoms with E-state index in [2.05, 4.69) is 10.3 Å². The zero-order valence-corrected chi connectivity index (χ0v) is 8.92. The Balaban J connectivity index is 0.000000461. The highest BCUT2D eigenvalue weighted by molar-refractivity contribution is 5.96. The van der Waals surface area contributed by atoms with Gasteiger partial charge in [0.05, 0.1) is 11.3 Å². The highest BCUT2D eigenvalue weighted by atomic mass is 16.1. The molecule has 2 rings (SSSR count). The maximum absolute atomic E-state index is 11.3. The fourth-order valence-electron chi connectivity index (χ4n) is 1.38. The molecule has 0 radical (unpaired) electrons. The Hall–Kier alpha value is -1.38. The lowest BCUT2D eigenvalue weighted by Crippen LogP contribution is -2.32. The molecule has 1 aromatic rings. The minimum Gasteiger partial charge on any atom is -0.352 e. The van der Waals surface area contributed by atoms with Crippen LogP contribution in [0.25, 0.3) is 0 Å². The fourth-order valence-corrected chi connectivity index (χ4v) is 1.38. The Kier molecular flexibility index (Phi) is 3.63. The summed E-state index contributed by atoms with van der Waals surface area (Å²) in [7, 11) is 0. The van der Waals surface area contributed by atoms with Crippen molar-refractivity contribution in [1.29, 1.82) is 0 Å². The minimum atomic E-state index is 0.00690. The number of aryl methyl sites for hydroxylation is 1. The Labute approximate surface area is 84.6 Å². The van der Waals surface area contributed by atoms with Crippen molar-refractivity contribution in [2.75, 3.05) is 6.54 Å². The van der Waals surface area contributed by atoms with Crippen molar-refractivity contribution >= 4 is 5.91 Å². The third-order valence-electron chi connectivity index (χ3n) is 2.00. The second-order valence-corrected chi connectivity index (χ2v) is 3.01. The van der Waals surface area contributed by atoms with Gasteiger partial charge in [0, 0.05) is 19.2 Å². The first-order valence-electron chi connectivity index (χ1n) is 5.01. The number of hydrogen-bond acceptors (Lipinski definition) is 2. The molecule has 3 nitrogen and oxygen atoms in total. The van der Waals surface area contributed by atoms with Gasteiger partial charge in [-0.2, -0.15) is 0 Å². The monoisotopic (exact) mass is 192 g/mol. The summed E-state index contributed by atoms with van der Waals surface area (Å²) < 4.78 is 0. The maximum atomic E-state index is 11.3. The summed E-state index contributed by atoms with van der Waals surface area (Å²) in [6, 6.07) is 1.89. The molecular formula is C11H16N2O. The molecule has 1 aliphatic rings. The lowest BCUT2D eigenvalue weighted by molar-refractivity contribution is 0.0945. The summed E-state index contributed by atoms with van der Waals surface area (Å²) in [6.07, 6.45) is 2.65. The van der Waals surface area contributed by atoms with Crippen molar-refractivity contribution in [3.05, 3.63) is 29.1 Å². The molecule has 1 aromatic heterocycles. The molecular weight excluding hydrogens is 176 g/mol. The van der Waals surface area contributed by atoms with Gasteiger partial charge < -0.3 is 5.32 Å². The Bertz CT molecular complexity index is 334. The van der Waals surface area contributed by atoms with Crippen LogP contribution in [0.15, 0.2) is 12.3 Å². The summed E-state index contributed by atoms with van der Waals surface area (Å²) >= 11 is 0. The van der Waals surface area contributed by atoms with Crippen LogP contribution in [0.2, 0.25) is 0 Å². The molecule has 0 unspecified atom stereocenters. The molecule has 0 atom stereocenters. The number of nitrogens with one attached hydrogen (secondary N) is 1. The first-order valence-corrected chi connectivity index (χ1v) is 5.01. The number of nitrogens with zero attached hydrogens (tertiary/aromatic N) is 1. The molecule has 1 aliphatic heterocycles. The average Bonchev–Trinajstić information content (AvgIpc) is 2.22. The van der Waals surface area contributed by atoms with Gasteiger partial charge >= 0.3 is 0 Å². The van der Waals surface area contributed by atoms with Crippen LogP contribution >= 0.6 is 0 Å². The molecule has 0 saturated heterocycles. The lowest BCUT2D eigenvalue weighted by Gasteiger charge is -2.15. The van der Waals surface area contributed by atoms with Gasteiger partial charge in [0.2, 0.25) is 0 Å². The van der Waals surface area contributed by atoms with Crippen LogP contribution in [0.5, 0.6) is 0 Å². The molecule has 0 spiro atoms. The van der Waals surface area contributed by atoms with Gasteiger partial charge in [-0.3, -0.25) is 9.78 Å². The number of rotatable bonds is 0. The number of carbonyl (C=O) groups excluding carboxylic acids is 1. The molecule has 1 N–H and O–H groups in total. The maximum Gasteiger partial charge on any atom is 0.253 e. The van der Waals surface area contributed by atoms with E-state index in [1.807, 2.05) is 26.8 Å². The van der Waals surface area contributed by atoms with Crippen LogP contribution in [0.1, 0.15) is 35.5 Å². The molecule has 0 saturated carbocycles. The van der Waals surface area contributed by atoms with Gasteiger partial charge in [-0.05, 0) is 18.6 Å². The van der Waals surface area contributed by atoms with Crippen LogP contribution in [0.4, 0.5) is 0 Å². The molecule has 76 valence electrons. The second-order valence-electron chi connectivity index (χ2n) is 3.01. The van der Waals surface area contributed by atoms with E-state index in [1.165, 1.54) is 0 Å². The van der Waals surface area contributed by atoms with Crippen molar-refractivity contribution in [3.63, 3.8) is 0 Å². The highest BCUT2D eigenvalue weighted by Gasteiger charge is 2.16. The van der Waals surface area contributed by atoms with E-state index in [-0.39, 0.29) is 5.91 Å². The molecule has 0 fully saturated rings. The Morgan fingerprint density at radius 1 is 1.43 bits per heavy atom. The smallest absolute Gasteiger partial charge is 0.253 e. The predicted octanol–water partition coefficient (Wildman–Crippen LogP) is 1.70. The normalized spacial score (nSPS) is 13.5. The van der Waals surface area contributed by atoms with E-state index in [0.717, 1.165) is 23.2 Å². The first-order chi connectivity index (χ1) is 6.77. The SMILES string of the molecule is CC.Cc1cnc2c(c1)C(=O)NCC2. The van der Waals surface area contributed by atoms with Crippen molar-refractivity contribution < 1.29 is 4.79 Å². The lowest BCUT2D eigenvalue weighted by atomic mass is 10.1. The van der Waals surface area contributed by atoms with Crippen molar-refractivity contribution in [3.8, 4) is 0 Å². The molecule has 14 heavy (non-hydrogen) atoms. The van der Waals surface area contributed by atoms with Crippen molar-refractivity contribution in [1.82, 2.24) is 10.3 Å². The summed E-state index contributed by atoms with van der Waals surface area (Å²) in [5.41, 5.74) is 2.69. The van der Waals surface area contributed by atoms with E-state index < -0.39 is 0 Å². The van der Waals surface area contributed by atoms with Crippen LogP contribution in [-0.4, -0.2) is 17.4 Å². The number of pyridine rings is 1. The topological polar surface area (TPSA) is 42.0 Å². The van der Waals surface area contributed by atoms with Gasteiger partial charge in [-0.1, -0.05) is 13.8 Å². The van der Waals surface area contributed by atoms with Gasteiger partial charge in [-0.15, -0.1) is 0 Å². The van der Waals surface area contributed by atoms with Gasteiger partial charge in [0.1, 0.15) is 0 Å². The predicted molar refractivity (Wildman–Crippen MR) is 56.4 cm³/mol. The molecule has 0 bridgehead atoms. The van der Waals surface area contributed by atoms with Crippen molar-refractivity contribution in [2.24, 2.45) is 0 Å². The Morgan fingerprint density at radius 2 is 2.14 bits per heavy atom. The van der Waals surface area contributed by atoms with E-state index >= 15 is 0 Å². The van der Waals surface area contributed by atoms with Crippen LogP contribution in [0, 0.1) is 6.92 Å². The molecule has 2 heterocycles. The number of hydrogen-bond donors (Lipinski definition) is 1. The fraction of sp³-hybridized carbons (Fsp3) is 0.455. The third kappa shape index (κ3) is 2.10. The van der Waals surface area contributed by atoms with E-state index in [4.69, 9.17) is 0 Å². The third-order valence-corrected chi connectivity index (χ3v) is 2.00. The zero-order valence-electron chi connectivity index (χ0n) is 8.92. The van der Waals surface area contributed by atoms with Crippen LogP contribution in [0.3, 0.4) is 0 Å². The van der Waals surface area contributed by atoms with Gasteiger partial charge in [0.15, 0.2) is 0 Å². The zero-order chi connectivity index (χ0) is 10.6. The summed E-state index contributed by atoms with van der Waals surface area (Å²) in [6.45, 7) is 6.65. The number of aromatic nitrogens is 1. The quantitative estimate of drug-likeness (QED) is 0.679. The summed E-state index contributed by atoms with van der Waals surface area (Å²) in [5, 5.41) is 2.79. The van der Waals surface area contributed by atoms with E-state index in [9.17, 15) is 4.79 Å².